The average molecular weight is 1020 g/mol. The number of benzene rings is 10. The lowest BCUT2D eigenvalue weighted by molar-refractivity contribution is -0.0893. The number of aliphatic hydroxyl groups is 1. The first-order chi connectivity index (χ1) is 38.5. The minimum Gasteiger partial charge on any atom is -0.427 e. The summed E-state index contributed by atoms with van der Waals surface area (Å²) >= 11 is 0. The fourth-order valence-electron chi connectivity index (χ4n) is 10.5. The quantitative estimate of drug-likeness (QED) is 0.0962. The molecular formula is C71H53BN5O2. The molecule has 7 nitrogen and oxygen atoms in total. The molecule has 1 N–H and O–H groups in total. The Labute approximate surface area is 460 Å². The largest absolute Gasteiger partial charge is 0.427 e. The molecule has 8 heteroatoms. The number of pyridine rings is 2. The van der Waals surface area contributed by atoms with Crippen molar-refractivity contribution < 1.29 is 9.76 Å². The fourth-order valence-corrected chi connectivity index (χ4v) is 10.5. The van der Waals surface area contributed by atoms with Crippen LogP contribution in [0, 0.1) is 0 Å². The summed E-state index contributed by atoms with van der Waals surface area (Å²) in [5.41, 5.74) is 12.2. The van der Waals surface area contributed by atoms with E-state index in [4.69, 9.17) is 29.6 Å². The van der Waals surface area contributed by atoms with Crippen molar-refractivity contribution in [2.24, 2.45) is 0 Å². The lowest BCUT2D eigenvalue weighted by Gasteiger charge is -2.37. The summed E-state index contributed by atoms with van der Waals surface area (Å²) in [6, 6.07) is 80.8. The van der Waals surface area contributed by atoms with Gasteiger partial charge in [-0.15, -0.1) is 0 Å². The molecule has 0 fully saturated rings. The van der Waals surface area contributed by atoms with Gasteiger partial charge >= 0.3 is 7.48 Å². The van der Waals surface area contributed by atoms with Gasteiger partial charge in [-0.05, 0) is 136 Å². The highest BCUT2D eigenvalue weighted by atomic mass is 16.5. The molecule has 0 aliphatic heterocycles. The Morgan fingerprint density at radius 2 is 0.848 bits per heavy atom. The highest BCUT2D eigenvalue weighted by molar-refractivity contribution is 6.47. The van der Waals surface area contributed by atoms with Crippen molar-refractivity contribution in [1.82, 2.24) is 24.9 Å². The number of hydrogen-bond donors (Lipinski definition) is 1. The summed E-state index contributed by atoms with van der Waals surface area (Å²) in [6.07, 6.45) is 3.80. The monoisotopic (exact) mass is 1020 g/mol. The van der Waals surface area contributed by atoms with E-state index in [1.54, 1.807) is 21.3 Å². The molecule has 13 aromatic rings. The first-order valence-corrected chi connectivity index (χ1v) is 26.7. The maximum absolute atomic E-state index is 10.6. The maximum atomic E-state index is 10.6. The summed E-state index contributed by atoms with van der Waals surface area (Å²) in [4.78, 5) is 25.3. The molecule has 0 amide bonds. The van der Waals surface area contributed by atoms with Crippen molar-refractivity contribution in [3.05, 3.63) is 243 Å². The van der Waals surface area contributed by atoms with Gasteiger partial charge in [0.2, 0.25) is 0 Å². The second-order valence-corrected chi connectivity index (χ2v) is 21.2. The zero-order chi connectivity index (χ0) is 53.7. The molecule has 13 rings (SSSR count). The lowest BCUT2D eigenvalue weighted by Crippen LogP contribution is -2.49. The van der Waals surface area contributed by atoms with Gasteiger partial charge in [0.05, 0.1) is 22.6 Å². The van der Waals surface area contributed by atoms with Crippen LogP contribution >= 0.6 is 0 Å². The van der Waals surface area contributed by atoms with Crippen LogP contribution in [0.25, 0.3) is 133 Å². The summed E-state index contributed by atoms with van der Waals surface area (Å²) in [5, 5.41) is 19.7. The number of aromatic nitrogens is 5. The van der Waals surface area contributed by atoms with Crippen LogP contribution in [0.15, 0.2) is 243 Å². The molecular weight excluding hydrogens is 966 g/mol. The first kappa shape index (κ1) is 49.1. The third-order valence-electron chi connectivity index (χ3n) is 15.5. The van der Waals surface area contributed by atoms with Gasteiger partial charge < -0.3 is 9.76 Å². The molecule has 79 heavy (non-hydrogen) atoms. The van der Waals surface area contributed by atoms with Crippen molar-refractivity contribution in [2.75, 3.05) is 0 Å². The zero-order valence-corrected chi connectivity index (χ0v) is 44.3. The van der Waals surface area contributed by atoms with Gasteiger partial charge in [-0.3, -0.25) is 9.97 Å². The summed E-state index contributed by atoms with van der Waals surface area (Å²) in [7, 11) is 1.71. The summed E-state index contributed by atoms with van der Waals surface area (Å²) < 4.78 is 6.01. The Morgan fingerprint density at radius 3 is 1.53 bits per heavy atom. The van der Waals surface area contributed by atoms with E-state index in [1.165, 1.54) is 21.5 Å². The third-order valence-corrected chi connectivity index (χ3v) is 15.5. The van der Waals surface area contributed by atoms with E-state index in [0.29, 0.717) is 17.5 Å². The van der Waals surface area contributed by atoms with Crippen LogP contribution in [0.4, 0.5) is 0 Å². The topological polar surface area (TPSA) is 93.9 Å². The Hall–Kier alpha value is -9.47. The Kier molecular flexibility index (Phi) is 12.5. The average Bonchev–Trinajstić information content (AvgIpc) is 3.67. The van der Waals surface area contributed by atoms with Crippen molar-refractivity contribution >= 4 is 56.0 Å². The highest BCUT2D eigenvalue weighted by Crippen LogP contribution is 2.41. The summed E-state index contributed by atoms with van der Waals surface area (Å²) in [6.45, 7) is 7.27. The predicted molar refractivity (Wildman–Crippen MR) is 326 cm³/mol. The standard InChI is InChI=1S/C71H53BN5O2/c1-70(2,78)71(3,4)79-72-56-33-30-47(31-34-56)65-59-35-32-51(40-52(59)36-38-73-65)58-24-15-25-63-62(58)37-39-74-66(63)46-28-26-45(27-29-46)53-41-54(64-44-50-20-11-12-21-57(50)60-22-13-14-23-61(60)64)43-55(42-53)69-76-67(48-16-7-5-8-17-48)75-68(77-69)49-18-9-6-10-19-49/h5-44,78H,1-4H3. The Bertz CT molecular complexity index is 4370. The van der Waals surface area contributed by atoms with Crippen LogP contribution in [-0.4, -0.2) is 48.7 Å². The van der Waals surface area contributed by atoms with E-state index in [0.717, 1.165) is 99.6 Å². The van der Waals surface area contributed by atoms with Gasteiger partial charge in [0, 0.05) is 51.0 Å². The van der Waals surface area contributed by atoms with Crippen LogP contribution in [0.1, 0.15) is 27.7 Å². The SMILES string of the molecule is CC(C)(O)C(C)(C)O[B]c1ccc(-c2nccc3cc(-c4cccc5c(-c6ccc(-c7cc(-c8nc(-c9ccccc9)nc(-c9ccccc9)n8)cc(-c8cc9ccccc9c9ccccc89)c7)cc6)nccc45)ccc23)cc1. The summed E-state index contributed by atoms with van der Waals surface area (Å²) in [5.74, 6) is 1.82. The van der Waals surface area contributed by atoms with Gasteiger partial charge in [-0.2, -0.15) is 0 Å². The van der Waals surface area contributed by atoms with Crippen LogP contribution in [-0.2, 0) is 4.65 Å². The van der Waals surface area contributed by atoms with Crippen molar-refractivity contribution in [1.29, 1.82) is 0 Å². The molecule has 1 radical (unpaired) electrons. The van der Waals surface area contributed by atoms with Crippen molar-refractivity contribution in [2.45, 2.75) is 38.9 Å². The van der Waals surface area contributed by atoms with E-state index in [1.807, 2.05) is 99.0 Å². The maximum Gasteiger partial charge on any atom is 0.330 e. The normalized spacial score (nSPS) is 11.9. The smallest absolute Gasteiger partial charge is 0.330 e. The van der Waals surface area contributed by atoms with Crippen molar-refractivity contribution in [3.63, 3.8) is 0 Å². The van der Waals surface area contributed by atoms with Gasteiger partial charge in [0.1, 0.15) is 0 Å². The van der Waals surface area contributed by atoms with E-state index < -0.39 is 11.2 Å². The number of fused-ring (bicyclic) bond motifs is 5. The van der Waals surface area contributed by atoms with Gasteiger partial charge in [-0.1, -0.05) is 194 Å². The second kappa shape index (κ2) is 20.2. The number of nitrogens with zero attached hydrogens (tertiary/aromatic N) is 5. The first-order valence-electron chi connectivity index (χ1n) is 26.7. The molecule has 0 saturated heterocycles. The Morgan fingerprint density at radius 1 is 0.342 bits per heavy atom. The Balaban J connectivity index is 0.869. The third kappa shape index (κ3) is 9.52. The molecule has 10 aromatic carbocycles. The van der Waals surface area contributed by atoms with E-state index in [-0.39, 0.29) is 0 Å². The number of rotatable bonds is 12. The lowest BCUT2D eigenvalue weighted by atomic mass is 9.82. The predicted octanol–water partition coefficient (Wildman–Crippen LogP) is 16.4. The van der Waals surface area contributed by atoms with Gasteiger partial charge in [0.25, 0.3) is 0 Å². The van der Waals surface area contributed by atoms with Crippen molar-refractivity contribution in [3.8, 4) is 90.1 Å². The second-order valence-electron chi connectivity index (χ2n) is 21.2. The zero-order valence-electron chi connectivity index (χ0n) is 44.3. The minimum atomic E-state index is -1.01. The number of hydrogen-bond acceptors (Lipinski definition) is 7. The molecule has 3 heterocycles. The van der Waals surface area contributed by atoms with Crippen LogP contribution in [0.2, 0.25) is 0 Å². The van der Waals surface area contributed by atoms with Crippen LogP contribution < -0.4 is 5.46 Å². The van der Waals surface area contributed by atoms with Gasteiger partial charge in [0.15, 0.2) is 17.5 Å². The highest BCUT2D eigenvalue weighted by Gasteiger charge is 2.35. The molecule has 0 bridgehead atoms. The van der Waals surface area contributed by atoms with E-state index >= 15 is 0 Å². The molecule has 0 aliphatic rings. The van der Waals surface area contributed by atoms with Crippen LogP contribution in [0.3, 0.4) is 0 Å². The van der Waals surface area contributed by atoms with Gasteiger partial charge in [-0.25, -0.2) is 15.0 Å². The molecule has 0 spiro atoms. The minimum absolute atomic E-state index is 0.594. The molecule has 377 valence electrons. The molecule has 0 aliphatic carbocycles. The molecule has 0 unspecified atom stereocenters. The molecule has 0 atom stereocenters. The fraction of sp³-hybridized carbons (Fsp3) is 0.0845. The van der Waals surface area contributed by atoms with E-state index in [2.05, 4.69) is 158 Å². The molecule has 0 saturated carbocycles. The van der Waals surface area contributed by atoms with Crippen LogP contribution in [0.5, 0.6) is 0 Å². The van der Waals surface area contributed by atoms with E-state index in [9.17, 15) is 5.11 Å². The molecule has 3 aromatic heterocycles.